The summed E-state index contributed by atoms with van der Waals surface area (Å²) in [6.07, 6.45) is 0.0375. The molecule has 1 heterocycles. The van der Waals surface area contributed by atoms with Crippen molar-refractivity contribution in [3.8, 4) is 0 Å². The second kappa shape index (κ2) is 5.23. The predicted molar refractivity (Wildman–Crippen MR) is 86.3 cm³/mol. The van der Waals surface area contributed by atoms with Crippen LogP contribution in [-0.4, -0.2) is 17.2 Å². The summed E-state index contributed by atoms with van der Waals surface area (Å²) in [5, 5.41) is 2.68. The van der Waals surface area contributed by atoms with Crippen LogP contribution in [0.15, 0.2) is 54.6 Å². The summed E-state index contributed by atoms with van der Waals surface area (Å²) < 4.78 is 0. The third-order valence-corrected chi connectivity index (χ3v) is 3.97. The van der Waals surface area contributed by atoms with Crippen LogP contribution in [0.2, 0.25) is 0 Å². The molecule has 0 bridgehead atoms. The van der Waals surface area contributed by atoms with Crippen LogP contribution in [0.3, 0.4) is 0 Å². The highest BCUT2D eigenvalue weighted by atomic mass is 32.1. The van der Waals surface area contributed by atoms with Crippen molar-refractivity contribution >= 4 is 23.0 Å². The molecule has 2 aromatic rings. The first-order valence-electron chi connectivity index (χ1n) is 6.61. The molecule has 1 aliphatic rings. The van der Waals surface area contributed by atoms with Crippen LogP contribution in [0.5, 0.6) is 0 Å². The van der Waals surface area contributed by atoms with E-state index in [2.05, 4.69) is 53.6 Å². The van der Waals surface area contributed by atoms with Gasteiger partial charge in [-0.25, -0.2) is 5.43 Å². The summed E-state index contributed by atoms with van der Waals surface area (Å²) in [4.78, 5) is 2.14. The van der Waals surface area contributed by atoms with Crippen LogP contribution in [0.25, 0.3) is 0 Å². The van der Waals surface area contributed by atoms with Gasteiger partial charge in [0.15, 0.2) is 5.11 Å². The number of hydrogen-bond donors (Lipinski definition) is 1. The van der Waals surface area contributed by atoms with Crippen molar-refractivity contribution in [2.24, 2.45) is 0 Å². The number of nitrogens with one attached hydrogen (secondary N) is 1. The molecule has 0 aromatic heterocycles. The summed E-state index contributed by atoms with van der Waals surface area (Å²) >= 11 is 5.54. The van der Waals surface area contributed by atoms with E-state index in [1.165, 1.54) is 11.1 Å². The Morgan fingerprint density at radius 2 is 1.65 bits per heavy atom. The molecule has 1 atom stereocenters. The fraction of sp³-hybridized carbons (Fsp3) is 0.188. The van der Waals surface area contributed by atoms with E-state index in [1.807, 2.05) is 30.3 Å². The highest BCUT2D eigenvalue weighted by molar-refractivity contribution is 7.80. The van der Waals surface area contributed by atoms with Crippen molar-refractivity contribution in [1.82, 2.24) is 10.4 Å². The Bertz CT molecular complexity index is 609. The average Bonchev–Trinajstić information content (AvgIpc) is 2.77. The molecule has 3 rings (SSSR count). The maximum atomic E-state index is 5.54. The van der Waals surface area contributed by atoms with Crippen LogP contribution < -0.4 is 10.3 Å². The summed E-state index contributed by atoms with van der Waals surface area (Å²) in [6, 6.07) is 18.8. The zero-order valence-corrected chi connectivity index (χ0v) is 12.4. The van der Waals surface area contributed by atoms with Crippen LogP contribution in [0.4, 0.5) is 5.69 Å². The lowest BCUT2D eigenvalue weighted by Gasteiger charge is -2.24. The molecule has 0 saturated carbocycles. The van der Waals surface area contributed by atoms with Crippen molar-refractivity contribution in [2.45, 2.75) is 13.1 Å². The van der Waals surface area contributed by atoms with Crippen LogP contribution in [0, 0.1) is 6.92 Å². The number of anilines is 1. The Labute approximate surface area is 124 Å². The van der Waals surface area contributed by atoms with E-state index in [9.17, 15) is 0 Å². The fourth-order valence-electron chi connectivity index (χ4n) is 2.39. The molecule has 1 unspecified atom stereocenters. The summed E-state index contributed by atoms with van der Waals surface area (Å²) in [7, 11) is 1.95. The molecular formula is C16H17N3S. The predicted octanol–water partition coefficient (Wildman–Crippen LogP) is 3.24. The van der Waals surface area contributed by atoms with E-state index < -0.39 is 0 Å². The molecule has 1 N–H and O–H groups in total. The molecule has 3 nitrogen and oxygen atoms in total. The van der Waals surface area contributed by atoms with E-state index in [1.54, 1.807) is 0 Å². The van der Waals surface area contributed by atoms with E-state index >= 15 is 0 Å². The molecule has 0 radical (unpaired) electrons. The van der Waals surface area contributed by atoms with Gasteiger partial charge in [0.25, 0.3) is 0 Å². The number of para-hydroxylation sites is 1. The molecule has 0 amide bonds. The molecule has 0 aliphatic carbocycles. The number of thiocarbonyl (C=S) groups is 1. The summed E-state index contributed by atoms with van der Waals surface area (Å²) in [6.45, 7) is 2.09. The molecular weight excluding hydrogens is 266 g/mol. The first-order valence-corrected chi connectivity index (χ1v) is 7.02. The minimum atomic E-state index is 0.0375. The number of hydrogen-bond acceptors (Lipinski definition) is 2. The second-order valence-electron chi connectivity index (χ2n) is 4.99. The topological polar surface area (TPSA) is 18.5 Å². The van der Waals surface area contributed by atoms with E-state index in [4.69, 9.17) is 12.2 Å². The number of hydrazine groups is 1. The van der Waals surface area contributed by atoms with Crippen molar-refractivity contribution in [2.75, 3.05) is 11.9 Å². The van der Waals surface area contributed by atoms with Gasteiger partial charge in [0.05, 0.1) is 0 Å². The van der Waals surface area contributed by atoms with Gasteiger partial charge in [-0.05, 0) is 36.8 Å². The van der Waals surface area contributed by atoms with E-state index in [-0.39, 0.29) is 6.17 Å². The lowest BCUT2D eigenvalue weighted by atomic mass is 10.1. The maximum absolute atomic E-state index is 5.54. The largest absolute Gasteiger partial charge is 0.296 e. The number of nitrogens with zero attached hydrogens (tertiary/aromatic N) is 2. The number of aryl methyl sites for hydroxylation is 1. The molecule has 102 valence electrons. The van der Waals surface area contributed by atoms with Crippen molar-refractivity contribution in [1.29, 1.82) is 0 Å². The SMILES string of the molecule is Cc1ccc(C2NN(C)C(=S)N2c2ccccc2)cc1. The third kappa shape index (κ3) is 2.28. The standard InChI is InChI=1S/C16H17N3S/c1-12-8-10-13(11-9-12)15-17-18(2)16(20)19(15)14-6-4-3-5-7-14/h3-11,15,17H,1-2H3. The highest BCUT2D eigenvalue weighted by Crippen LogP contribution is 2.30. The Morgan fingerprint density at radius 3 is 2.30 bits per heavy atom. The first kappa shape index (κ1) is 13.1. The molecule has 0 spiro atoms. The number of benzene rings is 2. The first-order chi connectivity index (χ1) is 9.66. The van der Waals surface area contributed by atoms with Crippen LogP contribution in [-0.2, 0) is 0 Å². The number of rotatable bonds is 2. The second-order valence-corrected chi connectivity index (χ2v) is 5.35. The summed E-state index contributed by atoms with van der Waals surface area (Å²) in [5.74, 6) is 0. The van der Waals surface area contributed by atoms with Gasteiger partial charge in [0.1, 0.15) is 6.17 Å². The lowest BCUT2D eigenvalue weighted by molar-refractivity contribution is 0.369. The fourth-order valence-corrected chi connectivity index (χ4v) is 2.65. The van der Waals surface area contributed by atoms with Gasteiger partial charge < -0.3 is 0 Å². The molecule has 4 heteroatoms. The van der Waals surface area contributed by atoms with Gasteiger partial charge in [-0.1, -0.05) is 48.0 Å². The average molecular weight is 283 g/mol. The van der Waals surface area contributed by atoms with E-state index in [0.717, 1.165) is 10.8 Å². The van der Waals surface area contributed by atoms with Crippen LogP contribution >= 0.6 is 12.2 Å². The van der Waals surface area contributed by atoms with Gasteiger partial charge in [-0.3, -0.25) is 9.91 Å². The molecule has 20 heavy (non-hydrogen) atoms. The summed E-state index contributed by atoms with van der Waals surface area (Å²) in [5.41, 5.74) is 6.96. The lowest BCUT2D eigenvalue weighted by Crippen LogP contribution is -2.30. The third-order valence-electron chi connectivity index (χ3n) is 3.49. The van der Waals surface area contributed by atoms with Crippen molar-refractivity contribution < 1.29 is 0 Å². The molecule has 1 saturated heterocycles. The minimum Gasteiger partial charge on any atom is -0.296 e. The zero-order valence-electron chi connectivity index (χ0n) is 11.6. The molecule has 2 aromatic carbocycles. The normalized spacial score (nSPS) is 18.7. The van der Waals surface area contributed by atoms with Crippen molar-refractivity contribution in [3.05, 3.63) is 65.7 Å². The Morgan fingerprint density at radius 1 is 1.00 bits per heavy atom. The highest BCUT2D eigenvalue weighted by Gasteiger charge is 2.33. The van der Waals surface area contributed by atoms with Crippen LogP contribution in [0.1, 0.15) is 17.3 Å². The van der Waals surface area contributed by atoms with Gasteiger partial charge in [-0.2, -0.15) is 0 Å². The zero-order chi connectivity index (χ0) is 14.1. The van der Waals surface area contributed by atoms with Gasteiger partial charge in [0, 0.05) is 12.7 Å². The van der Waals surface area contributed by atoms with Crippen molar-refractivity contribution in [3.63, 3.8) is 0 Å². The van der Waals surface area contributed by atoms with E-state index in [0.29, 0.717) is 0 Å². The minimum absolute atomic E-state index is 0.0375. The van der Waals surface area contributed by atoms with Gasteiger partial charge in [-0.15, -0.1) is 0 Å². The monoisotopic (exact) mass is 283 g/mol. The van der Waals surface area contributed by atoms with Gasteiger partial charge >= 0.3 is 0 Å². The maximum Gasteiger partial charge on any atom is 0.192 e. The molecule has 1 aliphatic heterocycles. The Hall–Kier alpha value is -1.91. The van der Waals surface area contributed by atoms with Gasteiger partial charge in [0.2, 0.25) is 0 Å². The molecule has 1 fully saturated rings. The quantitative estimate of drug-likeness (QED) is 0.853. The smallest absolute Gasteiger partial charge is 0.192 e. The Balaban J connectivity index is 2.00. The Kier molecular flexibility index (Phi) is 3.42.